The Hall–Kier alpha value is -4.16. The van der Waals surface area contributed by atoms with Gasteiger partial charge in [-0.2, -0.15) is 13.2 Å². The van der Waals surface area contributed by atoms with Gasteiger partial charge < -0.3 is 14.4 Å². The Morgan fingerprint density at radius 3 is 2.48 bits per heavy atom. The van der Waals surface area contributed by atoms with Crippen molar-refractivity contribution in [1.82, 2.24) is 19.4 Å². The third-order valence-corrected chi connectivity index (χ3v) is 8.00. The van der Waals surface area contributed by atoms with Gasteiger partial charge in [0.15, 0.2) is 6.61 Å². The molecule has 1 aromatic heterocycles. The van der Waals surface area contributed by atoms with E-state index in [1.165, 1.54) is 6.07 Å². The van der Waals surface area contributed by atoms with E-state index in [0.717, 1.165) is 4.57 Å². The average Bonchev–Trinajstić information content (AvgIpc) is 3.00. The Bertz CT molecular complexity index is 1780. The number of piperazine rings is 1. The zero-order valence-electron chi connectivity index (χ0n) is 25.5. The van der Waals surface area contributed by atoms with Gasteiger partial charge in [-0.25, -0.2) is 9.37 Å². The number of aromatic nitrogens is 2. The van der Waals surface area contributed by atoms with E-state index in [-0.39, 0.29) is 47.7 Å². The van der Waals surface area contributed by atoms with Crippen LogP contribution in [0.25, 0.3) is 16.6 Å². The number of hydrogen-bond donors (Lipinski definition) is 0. The minimum Gasteiger partial charge on any atom is -0.489 e. The zero-order valence-corrected chi connectivity index (χ0v) is 26.2. The van der Waals surface area contributed by atoms with E-state index >= 15 is 0 Å². The van der Waals surface area contributed by atoms with Crippen LogP contribution < -0.4 is 15.0 Å². The van der Waals surface area contributed by atoms with Gasteiger partial charge in [-0.15, -0.1) is 0 Å². The molecule has 244 valence electrons. The fourth-order valence-electron chi connectivity index (χ4n) is 5.48. The first-order chi connectivity index (χ1) is 21.8. The maximum absolute atomic E-state index is 14.7. The summed E-state index contributed by atoms with van der Waals surface area (Å²) in [6, 6.07) is 14.3. The summed E-state index contributed by atoms with van der Waals surface area (Å²) in [5.74, 6) is -1.26. The van der Waals surface area contributed by atoms with Gasteiger partial charge >= 0.3 is 6.18 Å². The Morgan fingerprint density at radius 2 is 1.80 bits per heavy atom. The number of carbonyl (C=O) groups is 1. The van der Waals surface area contributed by atoms with Crippen molar-refractivity contribution in [3.05, 3.63) is 93.2 Å². The van der Waals surface area contributed by atoms with Gasteiger partial charge in [0.2, 0.25) is 0 Å². The molecule has 0 aliphatic carbocycles. The van der Waals surface area contributed by atoms with Crippen LogP contribution >= 0.6 is 11.6 Å². The maximum atomic E-state index is 14.7. The maximum Gasteiger partial charge on any atom is 0.419 e. The van der Waals surface area contributed by atoms with Crippen molar-refractivity contribution >= 4 is 28.4 Å². The quantitative estimate of drug-likeness (QED) is 0.191. The lowest BCUT2D eigenvalue weighted by Crippen LogP contribution is -2.55. The van der Waals surface area contributed by atoms with Crippen LogP contribution in [0, 0.1) is 5.82 Å². The summed E-state index contributed by atoms with van der Waals surface area (Å²) in [7, 11) is 0. The third-order valence-electron chi connectivity index (χ3n) is 7.75. The summed E-state index contributed by atoms with van der Waals surface area (Å²) in [6.45, 7) is 6.29. The third kappa shape index (κ3) is 7.28. The second-order valence-electron chi connectivity index (χ2n) is 11.3. The molecule has 0 spiro atoms. The summed E-state index contributed by atoms with van der Waals surface area (Å²) >= 11 is 5.92. The number of alkyl halides is 3. The van der Waals surface area contributed by atoms with Crippen LogP contribution in [0.5, 0.6) is 11.5 Å². The van der Waals surface area contributed by atoms with E-state index in [9.17, 15) is 27.2 Å². The molecule has 13 heteroatoms. The zero-order chi connectivity index (χ0) is 33.2. The molecule has 0 N–H and O–H groups in total. The van der Waals surface area contributed by atoms with Crippen LogP contribution in [0.15, 0.2) is 65.5 Å². The van der Waals surface area contributed by atoms with E-state index in [1.54, 1.807) is 61.2 Å². The summed E-state index contributed by atoms with van der Waals surface area (Å²) in [5.41, 5.74) is -2.04. The van der Waals surface area contributed by atoms with E-state index in [0.29, 0.717) is 54.5 Å². The van der Waals surface area contributed by atoms with Gasteiger partial charge in [0.25, 0.3) is 11.5 Å². The number of benzene rings is 3. The Balaban J connectivity index is 1.49. The molecule has 3 aromatic carbocycles. The van der Waals surface area contributed by atoms with Gasteiger partial charge in [0, 0.05) is 36.8 Å². The van der Waals surface area contributed by atoms with Crippen molar-refractivity contribution < 1.29 is 31.8 Å². The van der Waals surface area contributed by atoms with Crippen molar-refractivity contribution in [3.63, 3.8) is 0 Å². The highest BCUT2D eigenvalue weighted by Crippen LogP contribution is 2.37. The fourth-order valence-corrected chi connectivity index (χ4v) is 5.61. The van der Waals surface area contributed by atoms with Crippen molar-refractivity contribution in [3.8, 4) is 17.2 Å². The Kier molecular flexibility index (Phi) is 9.88. The minimum absolute atomic E-state index is 0.0712. The highest BCUT2D eigenvalue weighted by atomic mass is 35.5. The monoisotopic (exact) mass is 660 g/mol. The SMILES string of the molecule is CC[C@H]1CN(C(=O)COc2ccc(Cl)cc2)CCN1Cc1nc2ccccc2c(=O)n1-c1cc(C(F)(F)F)c(F)cc1OC(C)C. The topological polar surface area (TPSA) is 76.9 Å². The molecule has 4 aromatic rings. The molecule has 46 heavy (non-hydrogen) atoms. The molecule has 1 atom stereocenters. The summed E-state index contributed by atoms with van der Waals surface area (Å²) in [4.78, 5) is 35.4. The minimum atomic E-state index is -5.02. The van der Waals surface area contributed by atoms with Gasteiger partial charge in [-0.1, -0.05) is 30.7 Å². The van der Waals surface area contributed by atoms with Crippen molar-refractivity contribution in [2.45, 2.75) is 52.1 Å². The summed E-state index contributed by atoms with van der Waals surface area (Å²) < 4.78 is 68.9. The van der Waals surface area contributed by atoms with E-state index in [4.69, 9.17) is 26.1 Å². The molecule has 1 fully saturated rings. The number of ether oxygens (including phenoxy) is 2. The van der Waals surface area contributed by atoms with Crippen LogP contribution in [0.1, 0.15) is 38.6 Å². The highest BCUT2D eigenvalue weighted by molar-refractivity contribution is 6.30. The number of nitrogens with zero attached hydrogens (tertiary/aromatic N) is 4. The molecule has 1 aliphatic heterocycles. The number of para-hydroxylation sites is 1. The number of halogens is 5. The molecular weight excluding hydrogens is 628 g/mol. The highest BCUT2D eigenvalue weighted by Gasteiger charge is 2.36. The van der Waals surface area contributed by atoms with Crippen molar-refractivity contribution in [1.29, 1.82) is 0 Å². The molecule has 0 saturated carbocycles. The van der Waals surface area contributed by atoms with Crippen LogP contribution in [0.3, 0.4) is 0 Å². The van der Waals surface area contributed by atoms with Gasteiger partial charge in [-0.3, -0.25) is 19.1 Å². The molecule has 0 bridgehead atoms. The molecule has 1 aliphatic rings. The predicted octanol–water partition coefficient (Wildman–Crippen LogP) is 6.49. The molecular formula is C33H33ClF4N4O4. The lowest BCUT2D eigenvalue weighted by atomic mass is 10.1. The summed E-state index contributed by atoms with van der Waals surface area (Å²) in [5, 5.41) is 0.735. The molecule has 8 nitrogen and oxygen atoms in total. The van der Waals surface area contributed by atoms with Crippen molar-refractivity contribution in [2.24, 2.45) is 0 Å². The second-order valence-corrected chi connectivity index (χ2v) is 11.7. The predicted molar refractivity (Wildman–Crippen MR) is 166 cm³/mol. The van der Waals surface area contributed by atoms with Crippen LogP contribution in [-0.4, -0.2) is 63.6 Å². The number of hydrogen-bond acceptors (Lipinski definition) is 6. The van der Waals surface area contributed by atoms with E-state index in [1.807, 2.05) is 11.8 Å². The number of amides is 1. The number of rotatable bonds is 9. The first kappa shape index (κ1) is 33.2. The lowest BCUT2D eigenvalue weighted by Gasteiger charge is -2.41. The number of carbonyl (C=O) groups excluding carboxylic acids is 1. The molecule has 0 unspecified atom stereocenters. The van der Waals surface area contributed by atoms with Crippen LogP contribution in [0.2, 0.25) is 5.02 Å². The first-order valence-corrected chi connectivity index (χ1v) is 15.2. The van der Waals surface area contributed by atoms with Crippen LogP contribution in [0.4, 0.5) is 17.6 Å². The number of fused-ring (bicyclic) bond motifs is 1. The molecule has 0 radical (unpaired) electrons. The molecule has 5 rings (SSSR count). The summed E-state index contributed by atoms with van der Waals surface area (Å²) in [6.07, 6.45) is -4.91. The first-order valence-electron chi connectivity index (χ1n) is 14.8. The molecule has 1 saturated heterocycles. The van der Waals surface area contributed by atoms with E-state index < -0.39 is 29.2 Å². The largest absolute Gasteiger partial charge is 0.489 e. The standard InChI is InChI=1S/C33H33ClF4N4O4/c1-4-22-17-41(31(43)19-45-23-11-9-21(34)10-12-23)14-13-40(22)18-30-39-27-8-6-5-7-24(27)32(44)42(30)28-15-25(33(36,37)38)26(35)16-29(28)46-20(2)3/h5-12,15-16,20,22H,4,13-14,17-19H2,1-3H3/t22-/m0/s1. The molecule has 1 amide bonds. The Labute approximate surface area is 268 Å². The van der Waals surface area contributed by atoms with E-state index in [2.05, 4.69) is 0 Å². The van der Waals surface area contributed by atoms with Crippen LogP contribution in [-0.2, 0) is 17.5 Å². The second kappa shape index (κ2) is 13.7. The fraction of sp³-hybridized carbons (Fsp3) is 0.364. The normalized spacial score (nSPS) is 15.8. The lowest BCUT2D eigenvalue weighted by molar-refractivity contribution is -0.140. The molecule has 2 heterocycles. The smallest absolute Gasteiger partial charge is 0.419 e. The Morgan fingerprint density at radius 1 is 1.09 bits per heavy atom. The van der Waals surface area contributed by atoms with Gasteiger partial charge in [-0.05, 0) is 62.7 Å². The average molecular weight is 661 g/mol. The van der Waals surface area contributed by atoms with Gasteiger partial charge in [0.1, 0.15) is 23.1 Å². The van der Waals surface area contributed by atoms with Gasteiger partial charge in [0.05, 0.1) is 34.8 Å². The van der Waals surface area contributed by atoms with Crippen molar-refractivity contribution in [2.75, 3.05) is 26.2 Å².